The third-order valence-corrected chi connectivity index (χ3v) is 6.17. The smallest absolute Gasteiger partial charge is 0.270 e. The van der Waals surface area contributed by atoms with Crippen molar-refractivity contribution in [3.8, 4) is 11.3 Å². The van der Waals surface area contributed by atoms with Crippen LogP contribution in [0.1, 0.15) is 29.8 Å². The Morgan fingerprint density at radius 1 is 1.17 bits per heavy atom. The molecule has 3 heterocycles. The predicted molar refractivity (Wildman–Crippen MR) is 113 cm³/mol. The van der Waals surface area contributed by atoms with Crippen LogP contribution in [0.4, 0.5) is 0 Å². The number of rotatable bonds is 6. The highest BCUT2D eigenvalue weighted by Gasteiger charge is 2.33. The largest absolute Gasteiger partial charge is 0.378 e. The number of H-pyrrole nitrogens is 1. The number of amides is 2. The van der Waals surface area contributed by atoms with Crippen LogP contribution in [-0.2, 0) is 9.53 Å². The Balaban J connectivity index is 1.30. The number of carbonyl (C=O) groups excluding carboxylic acids is 2. The molecule has 8 heteroatoms. The minimum absolute atomic E-state index is 0.160. The SMILES string of the molecule is CN1[C@@H](CC(=O)N2CCOCC2)CC[C@H]1CNC(=O)c1[nH]cnc1-c1ccccc1. The van der Waals surface area contributed by atoms with Gasteiger partial charge in [-0.2, -0.15) is 0 Å². The Labute approximate surface area is 176 Å². The zero-order chi connectivity index (χ0) is 20.9. The average Bonchev–Trinajstić information content (AvgIpc) is 3.41. The van der Waals surface area contributed by atoms with Gasteiger partial charge in [0.15, 0.2) is 0 Å². The molecule has 2 fully saturated rings. The first-order chi connectivity index (χ1) is 14.6. The standard InChI is InChI=1S/C22H29N5O3/c1-26-17(13-19(28)27-9-11-30-12-10-27)7-8-18(26)14-23-22(29)21-20(24-15-25-21)16-5-3-2-4-6-16/h2-6,15,17-18H,7-14H2,1H3,(H,23,29)(H,24,25)/t17-,18+/m1/s1. The Morgan fingerprint density at radius 3 is 2.67 bits per heavy atom. The van der Waals surface area contributed by atoms with Gasteiger partial charge in [-0.1, -0.05) is 30.3 Å². The molecule has 1 aromatic heterocycles. The molecule has 2 amide bonds. The lowest BCUT2D eigenvalue weighted by Crippen LogP contribution is -2.45. The Kier molecular flexibility index (Phi) is 6.44. The minimum Gasteiger partial charge on any atom is -0.378 e. The maximum Gasteiger partial charge on any atom is 0.270 e. The molecule has 0 radical (unpaired) electrons. The topological polar surface area (TPSA) is 90.6 Å². The normalized spacial score (nSPS) is 22.2. The fraction of sp³-hybridized carbons (Fsp3) is 0.500. The lowest BCUT2D eigenvalue weighted by molar-refractivity contribution is -0.136. The average molecular weight is 412 g/mol. The van der Waals surface area contributed by atoms with Crippen LogP contribution in [0.15, 0.2) is 36.7 Å². The third-order valence-electron chi connectivity index (χ3n) is 6.17. The highest BCUT2D eigenvalue weighted by molar-refractivity contribution is 5.98. The van der Waals surface area contributed by atoms with Gasteiger partial charge < -0.3 is 19.9 Å². The number of hydrogen-bond acceptors (Lipinski definition) is 5. The first kappa shape index (κ1) is 20.6. The number of aromatic nitrogens is 2. The quantitative estimate of drug-likeness (QED) is 0.752. The van der Waals surface area contributed by atoms with Gasteiger partial charge in [0.2, 0.25) is 5.91 Å². The van der Waals surface area contributed by atoms with Crippen LogP contribution in [-0.4, -0.2) is 83.6 Å². The van der Waals surface area contributed by atoms with Crippen LogP contribution in [0.25, 0.3) is 11.3 Å². The van der Waals surface area contributed by atoms with E-state index in [1.54, 1.807) is 6.33 Å². The summed E-state index contributed by atoms with van der Waals surface area (Å²) in [5.74, 6) is 0.0393. The number of aromatic amines is 1. The van der Waals surface area contributed by atoms with E-state index in [0.29, 0.717) is 50.7 Å². The van der Waals surface area contributed by atoms with Crippen LogP contribution in [0.5, 0.6) is 0 Å². The van der Waals surface area contributed by atoms with Gasteiger partial charge in [0, 0.05) is 43.7 Å². The highest BCUT2D eigenvalue weighted by atomic mass is 16.5. The molecule has 0 saturated carbocycles. The number of imidazole rings is 1. The maximum absolute atomic E-state index is 12.8. The van der Waals surface area contributed by atoms with Gasteiger partial charge in [-0.15, -0.1) is 0 Å². The van der Waals surface area contributed by atoms with Gasteiger partial charge in [-0.05, 0) is 19.9 Å². The van der Waals surface area contributed by atoms with Crippen LogP contribution in [0.2, 0.25) is 0 Å². The van der Waals surface area contributed by atoms with Crippen LogP contribution in [0, 0.1) is 0 Å². The van der Waals surface area contributed by atoms with Gasteiger partial charge in [-0.25, -0.2) is 4.98 Å². The summed E-state index contributed by atoms with van der Waals surface area (Å²) in [4.78, 5) is 36.7. The molecular weight excluding hydrogens is 382 g/mol. The molecule has 2 saturated heterocycles. The molecule has 160 valence electrons. The first-order valence-corrected chi connectivity index (χ1v) is 10.6. The van der Waals surface area contributed by atoms with E-state index < -0.39 is 0 Å². The van der Waals surface area contributed by atoms with E-state index in [1.807, 2.05) is 42.3 Å². The number of benzene rings is 1. The number of likely N-dealkylation sites (tertiary alicyclic amines) is 1. The Morgan fingerprint density at radius 2 is 1.90 bits per heavy atom. The van der Waals surface area contributed by atoms with Crippen molar-refractivity contribution in [1.29, 1.82) is 0 Å². The highest BCUT2D eigenvalue weighted by Crippen LogP contribution is 2.25. The Hall–Kier alpha value is -2.71. The minimum atomic E-state index is -0.160. The van der Waals surface area contributed by atoms with Gasteiger partial charge in [0.1, 0.15) is 11.4 Å². The molecule has 0 aliphatic carbocycles. The van der Waals surface area contributed by atoms with Crippen molar-refractivity contribution in [3.63, 3.8) is 0 Å². The van der Waals surface area contributed by atoms with E-state index >= 15 is 0 Å². The van der Waals surface area contributed by atoms with E-state index in [9.17, 15) is 9.59 Å². The summed E-state index contributed by atoms with van der Waals surface area (Å²) >= 11 is 0. The van der Waals surface area contributed by atoms with Gasteiger partial charge in [0.05, 0.1) is 19.5 Å². The number of nitrogens with zero attached hydrogens (tertiary/aromatic N) is 3. The van der Waals surface area contributed by atoms with Crippen molar-refractivity contribution >= 4 is 11.8 Å². The predicted octanol–water partition coefficient (Wildman–Crippen LogP) is 1.52. The van der Waals surface area contributed by atoms with Crippen LogP contribution in [0.3, 0.4) is 0 Å². The lowest BCUT2D eigenvalue weighted by atomic mass is 10.1. The van der Waals surface area contributed by atoms with Crippen molar-refractivity contribution in [2.24, 2.45) is 0 Å². The summed E-state index contributed by atoms with van der Waals surface area (Å²) in [6.07, 6.45) is 4.00. The molecule has 2 atom stereocenters. The molecule has 2 N–H and O–H groups in total. The summed E-state index contributed by atoms with van der Waals surface area (Å²) in [7, 11) is 2.05. The molecule has 2 aliphatic rings. The summed E-state index contributed by atoms with van der Waals surface area (Å²) in [5.41, 5.74) is 2.03. The molecular formula is C22H29N5O3. The number of likely N-dealkylation sites (N-methyl/N-ethyl adjacent to an activating group) is 1. The monoisotopic (exact) mass is 411 g/mol. The van der Waals surface area contributed by atoms with E-state index in [1.165, 1.54) is 0 Å². The number of morpholine rings is 1. The number of hydrogen-bond donors (Lipinski definition) is 2. The molecule has 0 bridgehead atoms. The van der Waals surface area contributed by atoms with Gasteiger partial charge >= 0.3 is 0 Å². The second-order valence-electron chi connectivity index (χ2n) is 7.95. The van der Waals surface area contributed by atoms with Gasteiger partial charge in [0.25, 0.3) is 5.91 Å². The second-order valence-corrected chi connectivity index (χ2v) is 7.95. The van der Waals surface area contributed by atoms with Gasteiger partial charge in [-0.3, -0.25) is 14.5 Å². The first-order valence-electron chi connectivity index (χ1n) is 10.6. The summed E-state index contributed by atoms with van der Waals surface area (Å²) in [5, 5.41) is 3.04. The molecule has 1 aromatic carbocycles. The number of nitrogens with one attached hydrogen (secondary N) is 2. The molecule has 30 heavy (non-hydrogen) atoms. The van der Waals surface area contributed by atoms with E-state index in [2.05, 4.69) is 20.2 Å². The number of carbonyl (C=O) groups is 2. The summed E-state index contributed by atoms with van der Waals surface area (Å²) < 4.78 is 5.33. The van der Waals surface area contributed by atoms with E-state index in [0.717, 1.165) is 18.4 Å². The lowest BCUT2D eigenvalue weighted by Gasteiger charge is -2.30. The summed E-state index contributed by atoms with van der Waals surface area (Å²) in [6, 6.07) is 10.1. The molecule has 8 nitrogen and oxygen atoms in total. The van der Waals surface area contributed by atoms with Crippen LogP contribution < -0.4 is 5.32 Å². The van der Waals surface area contributed by atoms with Crippen molar-refractivity contribution in [1.82, 2.24) is 25.1 Å². The molecule has 0 unspecified atom stereocenters. The third kappa shape index (κ3) is 4.55. The van der Waals surface area contributed by atoms with Crippen LogP contribution >= 0.6 is 0 Å². The maximum atomic E-state index is 12.8. The Bertz CT molecular complexity index is 863. The van der Waals surface area contributed by atoms with Crippen molar-refractivity contribution in [3.05, 3.63) is 42.4 Å². The second kappa shape index (κ2) is 9.40. The fourth-order valence-electron chi connectivity index (χ4n) is 4.31. The van der Waals surface area contributed by atoms with Crippen molar-refractivity contribution in [2.75, 3.05) is 39.9 Å². The zero-order valence-electron chi connectivity index (χ0n) is 17.3. The zero-order valence-corrected chi connectivity index (χ0v) is 17.3. The summed E-state index contributed by atoms with van der Waals surface area (Å²) in [6.45, 7) is 3.16. The fourth-order valence-corrected chi connectivity index (χ4v) is 4.31. The van der Waals surface area contributed by atoms with E-state index in [-0.39, 0.29) is 23.9 Å². The number of ether oxygens (including phenoxy) is 1. The molecule has 2 aromatic rings. The molecule has 2 aliphatic heterocycles. The molecule has 0 spiro atoms. The van der Waals surface area contributed by atoms with Crippen molar-refractivity contribution < 1.29 is 14.3 Å². The van der Waals surface area contributed by atoms with E-state index in [4.69, 9.17) is 4.74 Å². The van der Waals surface area contributed by atoms with Crippen molar-refractivity contribution in [2.45, 2.75) is 31.3 Å². The molecule has 4 rings (SSSR count).